The van der Waals surface area contributed by atoms with Gasteiger partial charge in [-0.1, -0.05) is 17.7 Å². The average molecular weight is 496 g/mol. The first-order valence-corrected chi connectivity index (χ1v) is 8.75. The standard InChI is InChI=1S/C17H22ClN3O2S.HI/c1-19-17(20-9-8-13-5-7-16(18)24-13)21-11-12-4-6-14(22-2)15(10-12)23-3;/h4-7,10H,8-9,11H2,1-3H3,(H2,19,20,21);1H. The smallest absolute Gasteiger partial charge is 0.191 e. The minimum atomic E-state index is 0. The van der Waals surface area contributed by atoms with Crippen molar-refractivity contribution in [2.75, 3.05) is 27.8 Å². The SMILES string of the molecule is CN=C(NCCc1ccc(Cl)s1)NCc1ccc(OC)c(OC)c1.I. The molecule has 138 valence electrons. The highest BCUT2D eigenvalue weighted by Gasteiger charge is 2.05. The number of rotatable bonds is 7. The van der Waals surface area contributed by atoms with E-state index in [0.717, 1.165) is 34.6 Å². The molecule has 0 aliphatic heterocycles. The van der Waals surface area contributed by atoms with Gasteiger partial charge < -0.3 is 20.1 Å². The first kappa shape index (κ1) is 21.9. The summed E-state index contributed by atoms with van der Waals surface area (Å²) >= 11 is 7.54. The molecular formula is C17H23ClIN3O2S. The zero-order valence-corrected chi connectivity index (χ0v) is 18.4. The van der Waals surface area contributed by atoms with Crippen LogP contribution in [0.15, 0.2) is 35.3 Å². The number of nitrogens with one attached hydrogen (secondary N) is 2. The summed E-state index contributed by atoms with van der Waals surface area (Å²) in [5.41, 5.74) is 1.08. The van der Waals surface area contributed by atoms with Gasteiger partial charge in [0.2, 0.25) is 0 Å². The third-order valence-corrected chi connectivity index (χ3v) is 4.72. The van der Waals surface area contributed by atoms with Gasteiger partial charge in [0, 0.05) is 25.0 Å². The maximum Gasteiger partial charge on any atom is 0.191 e. The van der Waals surface area contributed by atoms with E-state index in [9.17, 15) is 0 Å². The Balaban J connectivity index is 0.00000312. The molecule has 1 aromatic heterocycles. The number of benzene rings is 1. The second-order valence-corrected chi connectivity index (χ2v) is 6.80. The molecule has 25 heavy (non-hydrogen) atoms. The van der Waals surface area contributed by atoms with Crippen LogP contribution >= 0.6 is 46.9 Å². The maximum atomic E-state index is 5.94. The average Bonchev–Trinajstić information content (AvgIpc) is 3.02. The third kappa shape index (κ3) is 6.91. The topological polar surface area (TPSA) is 54.9 Å². The maximum absolute atomic E-state index is 5.94. The zero-order valence-electron chi connectivity index (χ0n) is 14.5. The van der Waals surface area contributed by atoms with Crippen molar-refractivity contribution in [3.8, 4) is 11.5 Å². The first-order valence-electron chi connectivity index (χ1n) is 7.56. The summed E-state index contributed by atoms with van der Waals surface area (Å²) in [6.07, 6.45) is 0.911. The van der Waals surface area contributed by atoms with Crippen molar-refractivity contribution < 1.29 is 9.47 Å². The fourth-order valence-corrected chi connectivity index (χ4v) is 3.27. The van der Waals surface area contributed by atoms with Gasteiger partial charge in [-0.3, -0.25) is 4.99 Å². The molecule has 0 aliphatic carbocycles. The molecule has 2 rings (SSSR count). The molecule has 2 N–H and O–H groups in total. The van der Waals surface area contributed by atoms with Crippen molar-refractivity contribution in [2.45, 2.75) is 13.0 Å². The molecule has 0 atom stereocenters. The summed E-state index contributed by atoms with van der Waals surface area (Å²) in [5, 5.41) is 6.58. The summed E-state index contributed by atoms with van der Waals surface area (Å²) in [6.45, 7) is 1.44. The van der Waals surface area contributed by atoms with Crippen LogP contribution in [-0.2, 0) is 13.0 Å². The van der Waals surface area contributed by atoms with Gasteiger partial charge in [0.1, 0.15) is 0 Å². The van der Waals surface area contributed by atoms with E-state index in [2.05, 4.69) is 21.7 Å². The van der Waals surface area contributed by atoms with Gasteiger partial charge >= 0.3 is 0 Å². The molecule has 0 spiro atoms. The van der Waals surface area contributed by atoms with Crippen molar-refractivity contribution in [1.82, 2.24) is 10.6 Å². The van der Waals surface area contributed by atoms with Crippen molar-refractivity contribution in [1.29, 1.82) is 0 Å². The van der Waals surface area contributed by atoms with Crippen LogP contribution in [0.1, 0.15) is 10.4 Å². The van der Waals surface area contributed by atoms with Gasteiger partial charge in [0.25, 0.3) is 0 Å². The van der Waals surface area contributed by atoms with E-state index in [1.807, 2.05) is 24.3 Å². The number of hydrogen-bond donors (Lipinski definition) is 2. The van der Waals surface area contributed by atoms with Gasteiger partial charge in [-0.2, -0.15) is 0 Å². The van der Waals surface area contributed by atoms with Gasteiger partial charge in [-0.15, -0.1) is 35.3 Å². The fraction of sp³-hybridized carbons (Fsp3) is 0.353. The largest absolute Gasteiger partial charge is 0.493 e. The molecule has 8 heteroatoms. The lowest BCUT2D eigenvalue weighted by molar-refractivity contribution is 0.354. The van der Waals surface area contributed by atoms with Crippen LogP contribution in [0.3, 0.4) is 0 Å². The molecular weight excluding hydrogens is 473 g/mol. The quantitative estimate of drug-likeness (QED) is 0.347. The lowest BCUT2D eigenvalue weighted by atomic mass is 10.2. The monoisotopic (exact) mass is 495 g/mol. The predicted molar refractivity (Wildman–Crippen MR) is 116 cm³/mol. The van der Waals surface area contributed by atoms with Crippen molar-refractivity contribution in [3.05, 3.63) is 45.1 Å². The second kappa shape index (κ2) is 11.4. The van der Waals surface area contributed by atoms with E-state index in [1.165, 1.54) is 4.88 Å². The van der Waals surface area contributed by atoms with Crippen LogP contribution in [0.5, 0.6) is 11.5 Å². The lowest BCUT2D eigenvalue weighted by Gasteiger charge is -2.13. The van der Waals surface area contributed by atoms with E-state index in [1.54, 1.807) is 32.6 Å². The van der Waals surface area contributed by atoms with E-state index in [0.29, 0.717) is 12.3 Å². The van der Waals surface area contributed by atoms with Crippen LogP contribution < -0.4 is 20.1 Å². The molecule has 0 unspecified atom stereocenters. The molecule has 0 aliphatic rings. The van der Waals surface area contributed by atoms with E-state index in [-0.39, 0.29) is 24.0 Å². The Kier molecular flexibility index (Phi) is 9.99. The minimum Gasteiger partial charge on any atom is -0.493 e. The van der Waals surface area contributed by atoms with E-state index >= 15 is 0 Å². The highest BCUT2D eigenvalue weighted by Crippen LogP contribution is 2.27. The molecule has 0 radical (unpaired) electrons. The minimum absolute atomic E-state index is 0. The molecule has 0 saturated carbocycles. The Labute approximate surface area is 174 Å². The number of guanidine groups is 1. The zero-order chi connectivity index (χ0) is 17.4. The van der Waals surface area contributed by atoms with E-state index < -0.39 is 0 Å². The van der Waals surface area contributed by atoms with Gasteiger partial charge in [0.15, 0.2) is 17.5 Å². The third-order valence-electron chi connectivity index (χ3n) is 3.42. The van der Waals surface area contributed by atoms with Gasteiger partial charge in [0.05, 0.1) is 18.6 Å². The number of halogens is 2. The van der Waals surface area contributed by atoms with Crippen molar-refractivity contribution in [2.24, 2.45) is 4.99 Å². The van der Waals surface area contributed by atoms with Crippen molar-refractivity contribution in [3.63, 3.8) is 0 Å². The lowest BCUT2D eigenvalue weighted by Crippen LogP contribution is -2.37. The van der Waals surface area contributed by atoms with Crippen LogP contribution in [0.2, 0.25) is 4.34 Å². The highest BCUT2D eigenvalue weighted by atomic mass is 127. The van der Waals surface area contributed by atoms with Crippen LogP contribution in [0.25, 0.3) is 0 Å². The van der Waals surface area contributed by atoms with Crippen LogP contribution in [-0.4, -0.2) is 33.8 Å². The van der Waals surface area contributed by atoms with Crippen LogP contribution in [0.4, 0.5) is 0 Å². The number of ether oxygens (including phenoxy) is 2. The Morgan fingerprint density at radius 2 is 1.88 bits per heavy atom. The van der Waals surface area contributed by atoms with E-state index in [4.69, 9.17) is 21.1 Å². The second-order valence-electron chi connectivity index (χ2n) is 5.00. The number of methoxy groups -OCH3 is 2. The summed E-state index contributed by atoms with van der Waals surface area (Å²) in [4.78, 5) is 5.48. The molecule has 0 bridgehead atoms. The molecule has 2 aromatic rings. The van der Waals surface area contributed by atoms with Gasteiger partial charge in [-0.25, -0.2) is 0 Å². The molecule has 5 nitrogen and oxygen atoms in total. The molecule has 1 aromatic carbocycles. The normalized spacial score (nSPS) is 10.8. The molecule has 0 fully saturated rings. The number of aliphatic imine (C=N–C) groups is 1. The highest BCUT2D eigenvalue weighted by molar-refractivity contribution is 14.0. The Hall–Kier alpha value is -1.19. The summed E-state index contributed by atoms with van der Waals surface area (Å²) in [6, 6.07) is 9.81. The Bertz CT molecular complexity index is 694. The Morgan fingerprint density at radius 1 is 1.12 bits per heavy atom. The fourth-order valence-electron chi connectivity index (χ4n) is 2.19. The predicted octanol–water partition coefficient (Wildman–Crippen LogP) is 3.94. The summed E-state index contributed by atoms with van der Waals surface area (Å²) < 4.78 is 11.4. The number of hydrogen-bond acceptors (Lipinski definition) is 4. The summed E-state index contributed by atoms with van der Waals surface area (Å²) in [5.74, 6) is 2.19. The molecule has 0 amide bonds. The molecule has 0 saturated heterocycles. The number of nitrogens with zero attached hydrogens (tertiary/aromatic N) is 1. The van der Waals surface area contributed by atoms with Gasteiger partial charge in [-0.05, 0) is 36.2 Å². The number of thiophene rings is 1. The summed E-state index contributed by atoms with van der Waals surface area (Å²) in [7, 11) is 5.01. The first-order chi connectivity index (χ1) is 11.7. The van der Waals surface area contributed by atoms with Crippen molar-refractivity contribution >= 4 is 52.9 Å². The Morgan fingerprint density at radius 3 is 2.48 bits per heavy atom. The molecule has 1 heterocycles. The van der Waals surface area contributed by atoms with Crippen LogP contribution in [0, 0.1) is 0 Å².